The molecule has 2 fully saturated rings. The second-order valence-electron chi connectivity index (χ2n) is 5.84. The van der Waals surface area contributed by atoms with E-state index in [1.165, 1.54) is 0 Å². The van der Waals surface area contributed by atoms with Crippen LogP contribution in [0.4, 0.5) is 0 Å². The lowest BCUT2D eigenvalue weighted by atomic mass is 9.56. The van der Waals surface area contributed by atoms with Crippen molar-refractivity contribution in [3.63, 3.8) is 0 Å². The highest BCUT2D eigenvalue weighted by Gasteiger charge is 2.58. The van der Waals surface area contributed by atoms with Gasteiger partial charge in [-0.1, -0.05) is 13.8 Å². The molecule has 0 radical (unpaired) electrons. The summed E-state index contributed by atoms with van der Waals surface area (Å²) in [7, 11) is 0. The lowest BCUT2D eigenvalue weighted by Crippen LogP contribution is -2.50. The van der Waals surface area contributed by atoms with Crippen molar-refractivity contribution in [2.75, 3.05) is 0 Å². The maximum absolute atomic E-state index is 11.9. The van der Waals surface area contributed by atoms with Crippen LogP contribution in [0.5, 0.6) is 0 Å². The lowest BCUT2D eigenvalue weighted by Gasteiger charge is -2.48. The molecule has 0 bridgehead atoms. The molecule has 0 amide bonds. The molecular formula is C12H20O2. The largest absolute Gasteiger partial charge is 0.392 e. The minimum atomic E-state index is -0.443. The Labute approximate surface area is 85.7 Å². The van der Waals surface area contributed by atoms with Crippen molar-refractivity contribution in [2.24, 2.45) is 16.7 Å². The van der Waals surface area contributed by atoms with Gasteiger partial charge < -0.3 is 5.11 Å². The van der Waals surface area contributed by atoms with Crippen molar-refractivity contribution >= 4 is 5.78 Å². The van der Waals surface area contributed by atoms with Gasteiger partial charge in [-0.15, -0.1) is 0 Å². The van der Waals surface area contributed by atoms with E-state index in [-0.39, 0.29) is 11.2 Å². The minimum Gasteiger partial charge on any atom is -0.392 e. The Hall–Kier alpha value is -0.370. The third-order valence-electron chi connectivity index (χ3n) is 4.68. The maximum Gasteiger partial charge on any atom is 0.141 e. The van der Waals surface area contributed by atoms with E-state index < -0.39 is 11.5 Å². The highest BCUT2D eigenvalue weighted by atomic mass is 16.3. The molecule has 2 aliphatic rings. The molecule has 2 heteroatoms. The predicted octanol–water partition coefficient (Wildman–Crippen LogP) is 2.15. The summed E-state index contributed by atoms with van der Waals surface area (Å²) in [4.78, 5) is 11.9. The van der Waals surface area contributed by atoms with Crippen LogP contribution in [0.3, 0.4) is 0 Å². The number of Topliss-reactive ketones (excluding diaryl/α,β-unsaturated/α-hetero) is 1. The van der Waals surface area contributed by atoms with E-state index >= 15 is 0 Å². The van der Waals surface area contributed by atoms with Gasteiger partial charge in [0.2, 0.25) is 0 Å². The molecule has 1 N–H and O–H groups in total. The van der Waals surface area contributed by atoms with Crippen molar-refractivity contribution in [1.82, 2.24) is 0 Å². The molecule has 0 aromatic rings. The predicted molar refractivity (Wildman–Crippen MR) is 54.9 cm³/mol. The molecule has 2 saturated carbocycles. The van der Waals surface area contributed by atoms with Gasteiger partial charge in [-0.25, -0.2) is 0 Å². The molecule has 0 aromatic carbocycles. The Morgan fingerprint density at radius 3 is 2.50 bits per heavy atom. The van der Waals surface area contributed by atoms with Crippen molar-refractivity contribution in [3.05, 3.63) is 0 Å². The van der Waals surface area contributed by atoms with Crippen LogP contribution in [0.1, 0.15) is 46.5 Å². The summed E-state index contributed by atoms with van der Waals surface area (Å²) in [6.07, 6.45) is 3.06. The van der Waals surface area contributed by atoms with Crippen LogP contribution in [0, 0.1) is 16.7 Å². The summed E-state index contributed by atoms with van der Waals surface area (Å²) < 4.78 is 0. The SMILES string of the molecule is CC1(C)CC[C@H](O)[C@@]2(C)C(=O)CC[C@H]12. The topological polar surface area (TPSA) is 37.3 Å². The molecule has 14 heavy (non-hydrogen) atoms. The molecule has 0 heterocycles. The summed E-state index contributed by atoms with van der Waals surface area (Å²) >= 11 is 0. The zero-order chi connectivity index (χ0) is 10.6. The first-order chi connectivity index (χ1) is 6.39. The summed E-state index contributed by atoms with van der Waals surface area (Å²) in [5, 5.41) is 10.0. The van der Waals surface area contributed by atoms with Crippen LogP contribution in [0.25, 0.3) is 0 Å². The Kier molecular flexibility index (Phi) is 2.04. The number of hydrogen-bond acceptors (Lipinski definition) is 2. The monoisotopic (exact) mass is 196 g/mol. The second-order valence-corrected chi connectivity index (χ2v) is 5.84. The number of aliphatic hydroxyl groups is 1. The highest BCUT2D eigenvalue weighted by Crippen LogP contribution is 2.57. The van der Waals surface area contributed by atoms with Crippen LogP contribution in [-0.2, 0) is 4.79 Å². The van der Waals surface area contributed by atoms with Gasteiger partial charge in [0.25, 0.3) is 0 Å². The van der Waals surface area contributed by atoms with Crippen LogP contribution < -0.4 is 0 Å². The fourth-order valence-electron chi connectivity index (χ4n) is 3.64. The molecule has 2 aliphatic carbocycles. The molecular weight excluding hydrogens is 176 g/mol. The van der Waals surface area contributed by atoms with Gasteiger partial charge in [-0.2, -0.15) is 0 Å². The average molecular weight is 196 g/mol. The Morgan fingerprint density at radius 1 is 1.29 bits per heavy atom. The van der Waals surface area contributed by atoms with Crippen molar-refractivity contribution in [1.29, 1.82) is 0 Å². The quantitative estimate of drug-likeness (QED) is 0.644. The number of rotatable bonds is 0. The van der Waals surface area contributed by atoms with Crippen LogP contribution in [-0.4, -0.2) is 17.0 Å². The van der Waals surface area contributed by atoms with E-state index in [9.17, 15) is 9.90 Å². The summed E-state index contributed by atoms with van der Waals surface area (Å²) in [6.45, 7) is 6.44. The van der Waals surface area contributed by atoms with Crippen molar-refractivity contribution in [2.45, 2.75) is 52.6 Å². The average Bonchev–Trinajstić information content (AvgIpc) is 2.40. The molecule has 3 atom stereocenters. The minimum absolute atomic E-state index is 0.222. The fraction of sp³-hybridized carbons (Fsp3) is 0.917. The smallest absolute Gasteiger partial charge is 0.141 e. The number of hydrogen-bond donors (Lipinski definition) is 1. The van der Waals surface area contributed by atoms with Gasteiger partial charge in [-0.05, 0) is 37.5 Å². The number of carbonyl (C=O) groups excluding carboxylic acids is 1. The van der Waals surface area contributed by atoms with E-state index in [1.807, 2.05) is 6.92 Å². The Bertz CT molecular complexity index is 269. The van der Waals surface area contributed by atoms with E-state index in [0.29, 0.717) is 12.3 Å². The summed E-state index contributed by atoms with van der Waals surface area (Å²) in [5.74, 6) is 0.661. The van der Waals surface area contributed by atoms with Gasteiger partial charge in [0.15, 0.2) is 0 Å². The van der Waals surface area contributed by atoms with Crippen LogP contribution in [0.2, 0.25) is 0 Å². The van der Waals surface area contributed by atoms with Gasteiger partial charge in [0.1, 0.15) is 5.78 Å². The highest BCUT2D eigenvalue weighted by molar-refractivity contribution is 5.87. The standard InChI is InChI=1S/C12H20O2/c1-11(2)7-6-10(14)12(3)8(11)4-5-9(12)13/h8,10,14H,4-7H2,1-3H3/t8-,10+,12-/m1/s1. The normalized spacial score (nSPS) is 46.4. The Morgan fingerprint density at radius 2 is 1.93 bits per heavy atom. The van der Waals surface area contributed by atoms with Gasteiger partial charge >= 0.3 is 0 Å². The lowest BCUT2D eigenvalue weighted by molar-refractivity contribution is -0.143. The maximum atomic E-state index is 11.9. The fourth-order valence-corrected chi connectivity index (χ4v) is 3.64. The van der Waals surface area contributed by atoms with Gasteiger partial charge in [0, 0.05) is 6.42 Å². The van der Waals surface area contributed by atoms with Gasteiger partial charge in [-0.3, -0.25) is 4.79 Å². The number of aliphatic hydroxyl groups excluding tert-OH is 1. The molecule has 0 spiro atoms. The van der Waals surface area contributed by atoms with E-state index in [2.05, 4.69) is 13.8 Å². The molecule has 0 aliphatic heterocycles. The summed E-state index contributed by atoms with van der Waals surface area (Å²) in [5.41, 5.74) is -0.220. The van der Waals surface area contributed by atoms with Crippen molar-refractivity contribution < 1.29 is 9.90 Å². The molecule has 0 aromatic heterocycles. The third kappa shape index (κ3) is 1.10. The molecule has 80 valence electrons. The van der Waals surface area contributed by atoms with E-state index in [1.54, 1.807) is 0 Å². The van der Waals surface area contributed by atoms with Crippen molar-refractivity contribution in [3.8, 4) is 0 Å². The second kappa shape index (κ2) is 2.82. The first kappa shape index (κ1) is 10.2. The first-order valence-corrected chi connectivity index (χ1v) is 5.60. The van der Waals surface area contributed by atoms with E-state index in [0.717, 1.165) is 19.3 Å². The third-order valence-corrected chi connectivity index (χ3v) is 4.68. The van der Waals surface area contributed by atoms with Gasteiger partial charge in [0.05, 0.1) is 11.5 Å². The van der Waals surface area contributed by atoms with Crippen LogP contribution in [0.15, 0.2) is 0 Å². The molecule has 2 rings (SSSR count). The zero-order valence-corrected chi connectivity index (χ0v) is 9.34. The number of ketones is 1. The molecule has 2 nitrogen and oxygen atoms in total. The Balaban J connectivity index is 2.40. The van der Waals surface area contributed by atoms with E-state index in [4.69, 9.17) is 0 Å². The zero-order valence-electron chi connectivity index (χ0n) is 9.34. The van der Waals surface area contributed by atoms with Crippen LogP contribution >= 0.6 is 0 Å². The number of carbonyl (C=O) groups is 1. The molecule has 0 saturated heterocycles. The number of fused-ring (bicyclic) bond motifs is 1. The first-order valence-electron chi connectivity index (χ1n) is 5.60. The molecule has 0 unspecified atom stereocenters. The summed E-state index contributed by atoms with van der Waals surface area (Å²) in [6, 6.07) is 0.